The largest absolute Gasteiger partial charge is 0.493 e. The molecular weight excluding hydrogens is 372 g/mol. The Morgan fingerprint density at radius 1 is 0.759 bits per heavy atom. The number of hydrogen-bond acceptors (Lipinski definition) is 6. The first-order chi connectivity index (χ1) is 14.2. The Labute approximate surface area is 171 Å². The second-order valence-corrected chi connectivity index (χ2v) is 6.62. The summed E-state index contributed by atoms with van der Waals surface area (Å²) in [6.45, 7) is 0.730. The van der Waals surface area contributed by atoms with Crippen molar-refractivity contribution in [2.45, 2.75) is 25.6 Å². The van der Waals surface area contributed by atoms with E-state index in [2.05, 4.69) is 0 Å². The Morgan fingerprint density at radius 2 is 1.41 bits per heavy atom. The molecule has 0 aliphatic carbocycles. The Kier molecular flexibility index (Phi) is 7.25. The maximum atomic E-state index is 6.04. The van der Waals surface area contributed by atoms with Crippen LogP contribution >= 0.6 is 0 Å². The van der Waals surface area contributed by atoms with Crippen molar-refractivity contribution in [1.29, 1.82) is 0 Å². The standard InChI is InChI=1S/C23H28O6/c1-24-18-11-10-16(13-19(18)29-22-7-5-6-12-28-22)8-9-17-14-20(25-2)23(27-4)21(15-17)26-3/h8-11,13-15,22H,5-7,12H2,1-4H3/b9-8+. The summed E-state index contributed by atoms with van der Waals surface area (Å²) >= 11 is 0. The van der Waals surface area contributed by atoms with Crippen LogP contribution in [0, 0.1) is 0 Å². The predicted molar refractivity (Wildman–Crippen MR) is 112 cm³/mol. The summed E-state index contributed by atoms with van der Waals surface area (Å²) in [5.41, 5.74) is 1.90. The first kappa shape index (κ1) is 20.9. The van der Waals surface area contributed by atoms with Crippen LogP contribution in [0.25, 0.3) is 12.2 Å². The SMILES string of the molecule is COc1ccc(/C=C/c2cc(OC)c(OC)c(OC)c2)cc1OC1CCCCO1. The van der Waals surface area contributed by atoms with Crippen LogP contribution in [0.15, 0.2) is 30.3 Å². The fraction of sp³-hybridized carbons (Fsp3) is 0.391. The van der Waals surface area contributed by atoms with Gasteiger partial charge in [0.1, 0.15) is 0 Å². The molecule has 2 aromatic carbocycles. The normalized spacial score (nSPS) is 16.5. The second-order valence-electron chi connectivity index (χ2n) is 6.62. The van der Waals surface area contributed by atoms with E-state index in [0.29, 0.717) is 28.7 Å². The van der Waals surface area contributed by atoms with Gasteiger partial charge in [-0.3, -0.25) is 0 Å². The molecule has 0 amide bonds. The molecule has 1 fully saturated rings. The zero-order valence-electron chi connectivity index (χ0n) is 17.4. The monoisotopic (exact) mass is 400 g/mol. The average molecular weight is 400 g/mol. The fourth-order valence-corrected chi connectivity index (χ4v) is 3.22. The first-order valence-electron chi connectivity index (χ1n) is 9.63. The maximum absolute atomic E-state index is 6.04. The van der Waals surface area contributed by atoms with Crippen molar-refractivity contribution in [2.75, 3.05) is 35.0 Å². The summed E-state index contributed by atoms with van der Waals surface area (Å²) in [4.78, 5) is 0. The summed E-state index contributed by atoms with van der Waals surface area (Å²) in [7, 11) is 6.43. The van der Waals surface area contributed by atoms with Crippen molar-refractivity contribution in [3.8, 4) is 28.7 Å². The van der Waals surface area contributed by atoms with Crippen LogP contribution in [0.4, 0.5) is 0 Å². The minimum absolute atomic E-state index is 0.230. The van der Waals surface area contributed by atoms with Crippen molar-refractivity contribution in [2.24, 2.45) is 0 Å². The molecule has 1 aliphatic heterocycles. The highest BCUT2D eigenvalue weighted by Gasteiger charge is 2.17. The van der Waals surface area contributed by atoms with Crippen LogP contribution < -0.4 is 23.7 Å². The zero-order chi connectivity index (χ0) is 20.6. The summed E-state index contributed by atoms with van der Waals surface area (Å²) in [6.07, 6.45) is 6.81. The number of benzene rings is 2. The van der Waals surface area contributed by atoms with Crippen molar-refractivity contribution in [1.82, 2.24) is 0 Å². The lowest BCUT2D eigenvalue weighted by Crippen LogP contribution is -2.25. The molecule has 0 bridgehead atoms. The molecule has 2 aromatic rings. The van der Waals surface area contributed by atoms with E-state index in [-0.39, 0.29) is 6.29 Å². The molecule has 0 aromatic heterocycles. The van der Waals surface area contributed by atoms with E-state index in [1.165, 1.54) is 0 Å². The highest BCUT2D eigenvalue weighted by atomic mass is 16.7. The number of rotatable bonds is 8. The van der Waals surface area contributed by atoms with Crippen molar-refractivity contribution in [3.05, 3.63) is 41.5 Å². The highest BCUT2D eigenvalue weighted by Crippen LogP contribution is 2.39. The van der Waals surface area contributed by atoms with Crippen LogP contribution in [0.3, 0.4) is 0 Å². The molecule has 0 spiro atoms. The van der Waals surface area contributed by atoms with Gasteiger partial charge in [0, 0.05) is 6.42 Å². The van der Waals surface area contributed by atoms with Crippen LogP contribution in [0.5, 0.6) is 28.7 Å². The van der Waals surface area contributed by atoms with Crippen molar-refractivity contribution in [3.63, 3.8) is 0 Å². The van der Waals surface area contributed by atoms with Gasteiger partial charge in [-0.2, -0.15) is 0 Å². The number of ether oxygens (including phenoxy) is 6. The van der Waals surface area contributed by atoms with E-state index in [0.717, 1.165) is 37.0 Å². The van der Waals surface area contributed by atoms with Gasteiger partial charge in [0.2, 0.25) is 5.75 Å². The Hall–Kier alpha value is -2.86. The van der Waals surface area contributed by atoms with Gasteiger partial charge in [-0.25, -0.2) is 0 Å². The van der Waals surface area contributed by atoms with Crippen LogP contribution in [0.1, 0.15) is 30.4 Å². The van der Waals surface area contributed by atoms with Gasteiger partial charge in [0.15, 0.2) is 29.3 Å². The van der Waals surface area contributed by atoms with Gasteiger partial charge in [-0.15, -0.1) is 0 Å². The predicted octanol–water partition coefficient (Wildman–Crippen LogP) is 4.80. The molecule has 6 heteroatoms. The molecule has 0 saturated carbocycles. The molecule has 29 heavy (non-hydrogen) atoms. The van der Waals surface area contributed by atoms with Gasteiger partial charge in [-0.1, -0.05) is 18.2 Å². The summed E-state index contributed by atoms with van der Waals surface area (Å²) < 4.78 is 33.4. The van der Waals surface area contributed by atoms with E-state index in [4.69, 9.17) is 28.4 Å². The lowest BCUT2D eigenvalue weighted by molar-refractivity contribution is -0.106. The van der Waals surface area contributed by atoms with Gasteiger partial charge < -0.3 is 28.4 Å². The molecule has 1 aliphatic rings. The quantitative estimate of drug-likeness (QED) is 0.594. The highest BCUT2D eigenvalue weighted by molar-refractivity contribution is 5.73. The van der Waals surface area contributed by atoms with E-state index in [1.807, 2.05) is 42.5 Å². The molecule has 1 atom stereocenters. The molecule has 156 valence electrons. The minimum atomic E-state index is -0.230. The second kappa shape index (κ2) is 10.1. The van der Waals surface area contributed by atoms with E-state index < -0.39 is 0 Å². The van der Waals surface area contributed by atoms with Crippen molar-refractivity contribution < 1.29 is 28.4 Å². The van der Waals surface area contributed by atoms with E-state index >= 15 is 0 Å². The molecule has 1 unspecified atom stereocenters. The van der Waals surface area contributed by atoms with Crippen molar-refractivity contribution >= 4 is 12.2 Å². The molecule has 1 saturated heterocycles. The smallest absolute Gasteiger partial charge is 0.203 e. The van der Waals surface area contributed by atoms with Crippen LogP contribution in [-0.2, 0) is 4.74 Å². The first-order valence-corrected chi connectivity index (χ1v) is 9.63. The molecule has 1 heterocycles. The molecule has 0 radical (unpaired) electrons. The summed E-state index contributed by atoms with van der Waals surface area (Å²) in [6, 6.07) is 9.61. The fourth-order valence-electron chi connectivity index (χ4n) is 3.22. The van der Waals surface area contributed by atoms with Gasteiger partial charge in [-0.05, 0) is 48.2 Å². The van der Waals surface area contributed by atoms with Crippen LogP contribution in [-0.4, -0.2) is 41.3 Å². The summed E-state index contributed by atoms with van der Waals surface area (Å²) in [5, 5.41) is 0. The van der Waals surface area contributed by atoms with Crippen LogP contribution in [0.2, 0.25) is 0 Å². The van der Waals surface area contributed by atoms with Gasteiger partial charge in [0.25, 0.3) is 0 Å². The topological polar surface area (TPSA) is 55.4 Å². The zero-order valence-corrected chi connectivity index (χ0v) is 17.4. The molecule has 6 nitrogen and oxygen atoms in total. The average Bonchev–Trinajstić information content (AvgIpc) is 2.77. The molecule has 3 rings (SSSR count). The number of hydrogen-bond donors (Lipinski definition) is 0. The Bertz CT molecular complexity index is 814. The Balaban J connectivity index is 1.84. The third-order valence-corrected chi connectivity index (χ3v) is 4.74. The van der Waals surface area contributed by atoms with E-state index in [1.54, 1.807) is 28.4 Å². The molecular formula is C23H28O6. The summed E-state index contributed by atoms with van der Waals surface area (Å²) in [5.74, 6) is 3.15. The maximum Gasteiger partial charge on any atom is 0.203 e. The third-order valence-electron chi connectivity index (χ3n) is 4.74. The van der Waals surface area contributed by atoms with E-state index in [9.17, 15) is 0 Å². The van der Waals surface area contributed by atoms with Gasteiger partial charge >= 0.3 is 0 Å². The molecule has 0 N–H and O–H groups in total. The number of methoxy groups -OCH3 is 4. The lowest BCUT2D eigenvalue weighted by atomic mass is 10.1. The third kappa shape index (κ3) is 5.15. The van der Waals surface area contributed by atoms with Gasteiger partial charge in [0.05, 0.1) is 35.0 Å². The lowest BCUT2D eigenvalue weighted by Gasteiger charge is -2.24. The Morgan fingerprint density at radius 3 is 2.00 bits per heavy atom. The minimum Gasteiger partial charge on any atom is -0.493 e.